The fourth-order valence-electron chi connectivity index (χ4n) is 3.17. The Morgan fingerprint density at radius 2 is 2.13 bits per heavy atom. The Labute approximate surface area is 137 Å². The van der Waals surface area contributed by atoms with Gasteiger partial charge in [0, 0.05) is 25.7 Å². The van der Waals surface area contributed by atoms with Crippen molar-refractivity contribution in [3.8, 4) is 0 Å². The molecule has 126 valence electrons. The number of benzene rings is 1. The molecule has 1 aromatic rings. The first-order chi connectivity index (χ1) is 11.2. The zero-order valence-electron chi connectivity index (χ0n) is 13.7. The fraction of sp³-hybridized carbons (Fsp3) is 0.611. The van der Waals surface area contributed by atoms with Crippen molar-refractivity contribution in [1.29, 1.82) is 0 Å². The zero-order valence-corrected chi connectivity index (χ0v) is 13.7. The summed E-state index contributed by atoms with van der Waals surface area (Å²) in [6.45, 7) is 5.37. The lowest BCUT2D eigenvalue weighted by Crippen LogP contribution is -2.49. The van der Waals surface area contributed by atoms with Crippen LogP contribution in [0, 0.1) is 0 Å². The van der Waals surface area contributed by atoms with E-state index in [9.17, 15) is 4.79 Å². The van der Waals surface area contributed by atoms with Crippen LogP contribution in [0.4, 0.5) is 0 Å². The molecular formula is C18H26N2O3. The molecule has 0 saturated carbocycles. The van der Waals surface area contributed by atoms with E-state index in [0.717, 1.165) is 26.0 Å². The van der Waals surface area contributed by atoms with Gasteiger partial charge in [-0.2, -0.15) is 0 Å². The van der Waals surface area contributed by atoms with Crippen LogP contribution in [0.5, 0.6) is 0 Å². The van der Waals surface area contributed by atoms with Gasteiger partial charge in [-0.15, -0.1) is 0 Å². The molecule has 5 heteroatoms. The first-order valence-corrected chi connectivity index (χ1v) is 8.51. The Morgan fingerprint density at radius 1 is 1.30 bits per heavy atom. The number of nitrogens with one attached hydrogen (secondary N) is 1. The van der Waals surface area contributed by atoms with E-state index in [2.05, 4.69) is 29.3 Å². The van der Waals surface area contributed by atoms with E-state index < -0.39 is 0 Å². The summed E-state index contributed by atoms with van der Waals surface area (Å²) in [5, 5.41) is 3.00. The maximum atomic E-state index is 12.2. The van der Waals surface area contributed by atoms with Gasteiger partial charge < -0.3 is 14.8 Å². The first kappa shape index (κ1) is 16.4. The molecule has 1 amide bonds. The molecule has 3 rings (SSSR count). The van der Waals surface area contributed by atoms with Crippen molar-refractivity contribution in [1.82, 2.24) is 10.2 Å². The molecule has 0 bridgehead atoms. The van der Waals surface area contributed by atoms with Gasteiger partial charge in [0.05, 0.1) is 25.4 Å². The van der Waals surface area contributed by atoms with Crippen LogP contribution in [0.1, 0.15) is 31.4 Å². The second-order valence-corrected chi connectivity index (χ2v) is 6.45. The normalized spacial score (nSPS) is 28.7. The molecule has 1 N–H and O–H groups in total. The van der Waals surface area contributed by atoms with Crippen molar-refractivity contribution in [3.63, 3.8) is 0 Å². The highest BCUT2D eigenvalue weighted by Crippen LogP contribution is 2.24. The van der Waals surface area contributed by atoms with Crippen molar-refractivity contribution in [3.05, 3.63) is 35.9 Å². The molecule has 0 aliphatic carbocycles. The second-order valence-electron chi connectivity index (χ2n) is 6.45. The third kappa shape index (κ3) is 4.53. The Hall–Kier alpha value is -1.43. The van der Waals surface area contributed by atoms with E-state index in [4.69, 9.17) is 9.47 Å². The highest BCUT2D eigenvalue weighted by Gasteiger charge is 2.28. The molecule has 0 radical (unpaired) electrons. The van der Waals surface area contributed by atoms with E-state index in [1.54, 1.807) is 0 Å². The highest BCUT2D eigenvalue weighted by atomic mass is 16.5. The monoisotopic (exact) mass is 318 g/mol. The highest BCUT2D eigenvalue weighted by molar-refractivity contribution is 5.78. The average Bonchev–Trinajstić information content (AvgIpc) is 3.09. The average molecular weight is 318 g/mol. The summed E-state index contributed by atoms with van der Waals surface area (Å²) in [6.07, 6.45) is 2.38. The molecule has 0 unspecified atom stereocenters. The Kier molecular flexibility index (Phi) is 5.65. The molecule has 2 fully saturated rings. The van der Waals surface area contributed by atoms with Crippen molar-refractivity contribution in [2.75, 3.05) is 32.8 Å². The van der Waals surface area contributed by atoms with Gasteiger partial charge >= 0.3 is 0 Å². The Balaban J connectivity index is 1.50. The minimum atomic E-state index is 0.0402. The molecule has 2 aliphatic rings. The molecule has 2 aliphatic heterocycles. The molecule has 1 aromatic carbocycles. The van der Waals surface area contributed by atoms with E-state index >= 15 is 0 Å². The molecule has 5 nitrogen and oxygen atoms in total. The van der Waals surface area contributed by atoms with Crippen LogP contribution in [-0.4, -0.2) is 55.8 Å². The summed E-state index contributed by atoms with van der Waals surface area (Å²) in [6, 6.07) is 10.5. The molecule has 23 heavy (non-hydrogen) atoms. The molecule has 0 aromatic heterocycles. The Bertz CT molecular complexity index is 502. The molecular weight excluding hydrogens is 292 g/mol. The lowest BCUT2D eigenvalue weighted by atomic mass is 10.1. The quantitative estimate of drug-likeness (QED) is 0.898. The van der Waals surface area contributed by atoms with Crippen LogP contribution >= 0.6 is 0 Å². The molecule has 0 spiro atoms. The summed E-state index contributed by atoms with van der Waals surface area (Å²) in [7, 11) is 0. The first-order valence-electron chi connectivity index (χ1n) is 8.51. The Morgan fingerprint density at radius 3 is 2.87 bits per heavy atom. The number of ether oxygens (including phenoxy) is 2. The van der Waals surface area contributed by atoms with Crippen LogP contribution in [0.15, 0.2) is 30.3 Å². The molecule has 3 atom stereocenters. The standard InChI is InChI=1S/C18H26N2O3/c1-14-13-23-17(15-6-3-2-4-7-15)11-20(14)12-18(21)19-10-16-8-5-9-22-16/h2-4,6-7,14,16-17H,5,8-13H2,1H3,(H,19,21)/t14-,16-,17+/m1/s1. The van der Waals surface area contributed by atoms with Crippen LogP contribution in [0.3, 0.4) is 0 Å². The van der Waals surface area contributed by atoms with Gasteiger partial charge in [-0.25, -0.2) is 0 Å². The van der Waals surface area contributed by atoms with Gasteiger partial charge in [0.1, 0.15) is 0 Å². The second kappa shape index (κ2) is 7.90. The summed E-state index contributed by atoms with van der Waals surface area (Å²) < 4.78 is 11.5. The molecule has 2 saturated heterocycles. The third-order valence-electron chi connectivity index (χ3n) is 4.63. The van der Waals surface area contributed by atoms with Gasteiger partial charge in [0.25, 0.3) is 0 Å². The lowest BCUT2D eigenvalue weighted by molar-refractivity contribution is -0.127. The van der Waals surface area contributed by atoms with Gasteiger partial charge in [0.15, 0.2) is 0 Å². The lowest BCUT2D eigenvalue weighted by Gasteiger charge is -2.37. The van der Waals surface area contributed by atoms with Crippen molar-refractivity contribution in [2.45, 2.75) is 38.0 Å². The SMILES string of the molecule is C[C@@H]1CO[C@H](c2ccccc2)CN1CC(=O)NC[C@H]1CCCO1. The van der Waals surface area contributed by atoms with Crippen LogP contribution in [-0.2, 0) is 14.3 Å². The number of morpholine rings is 1. The topological polar surface area (TPSA) is 50.8 Å². The smallest absolute Gasteiger partial charge is 0.234 e. The van der Waals surface area contributed by atoms with Crippen LogP contribution < -0.4 is 5.32 Å². The van der Waals surface area contributed by atoms with Gasteiger partial charge in [-0.3, -0.25) is 9.69 Å². The number of amides is 1. The summed E-state index contributed by atoms with van der Waals surface area (Å²) >= 11 is 0. The summed E-state index contributed by atoms with van der Waals surface area (Å²) in [4.78, 5) is 14.4. The number of hydrogen-bond acceptors (Lipinski definition) is 4. The third-order valence-corrected chi connectivity index (χ3v) is 4.63. The largest absolute Gasteiger partial charge is 0.376 e. The summed E-state index contributed by atoms with van der Waals surface area (Å²) in [5.74, 6) is 0.0704. The minimum absolute atomic E-state index is 0.0402. The minimum Gasteiger partial charge on any atom is -0.376 e. The van der Waals surface area contributed by atoms with Crippen LogP contribution in [0.2, 0.25) is 0 Å². The van der Waals surface area contributed by atoms with Gasteiger partial charge in [-0.1, -0.05) is 30.3 Å². The maximum absolute atomic E-state index is 12.2. The predicted octanol–water partition coefficient (Wildman–Crippen LogP) is 1.74. The number of carbonyl (C=O) groups is 1. The predicted molar refractivity (Wildman–Crippen MR) is 88.2 cm³/mol. The van der Waals surface area contributed by atoms with Gasteiger partial charge in [-0.05, 0) is 25.3 Å². The van der Waals surface area contributed by atoms with E-state index in [1.165, 1.54) is 5.56 Å². The van der Waals surface area contributed by atoms with Crippen molar-refractivity contribution in [2.24, 2.45) is 0 Å². The van der Waals surface area contributed by atoms with E-state index in [-0.39, 0.29) is 24.2 Å². The number of hydrogen-bond donors (Lipinski definition) is 1. The summed E-state index contributed by atoms with van der Waals surface area (Å²) in [5.41, 5.74) is 1.17. The number of nitrogens with zero attached hydrogens (tertiary/aromatic N) is 1. The van der Waals surface area contributed by atoms with E-state index in [0.29, 0.717) is 19.7 Å². The molecule has 2 heterocycles. The van der Waals surface area contributed by atoms with Crippen LogP contribution in [0.25, 0.3) is 0 Å². The number of rotatable bonds is 5. The fourth-order valence-corrected chi connectivity index (χ4v) is 3.17. The van der Waals surface area contributed by atoms with E-state index in [1.807, 2.05) is 18.2 Å². The zero-order chi connectivity index (χ0) is 16.1. The van der Waals surface area contributed by atoms with Crippen molar-refractivity contribution >= 4 is 5.91 Å². The maximum Gasteiger partial charge on any atom is 0.234 e. The van der Waals surface area contributed by atoms with Gasteiger partial charge in [0.2, 0.25) is 5.91 Å². The van der Waals surface area contributed by atoms with Crippen molar-refractivity contribution < 1.29 is 14.3 Å². The number of carbonyl (C=O) groups excluding carboxylic acids is 1.